The minimum atomic E-state index is -2.94. The Hall–Kier alpha value is -0.390. The van der Waals surface area contributed by atoms with Gasteiger partial charge in [0.1, 0.15) is 0 Å². The number of piperazine rings is 1. The molecular weight excluding hydrogens is 236 g/mol. The number of nitrogens with zero attached hydrogens (tertiary/aromatic N) is 1. The van der Waals surface area contributed by atoms with Crippen molar-refractivity contribution in [1.82, 2.24) is 10.2 Å². The average molecular weight is 258 g/mol. The van der Waals surface area contributed by atoms with Crippen LogP contribution in [-0.2, 0) is 9.84 Å². The standard InChI is InChI=1S/C12H22N2O2S/c1-3-4-11-8-14(10(2)7-13-11)12-5-6-17(15,16)9-12/h5-6,10-13H,3-4,7-9H2,1-2H3. The predicted molar refractivity (Wildman–Crippen MR) is 69.6 cm³/mol. The molecule has 0 bridgehead atoms. The van der Waals surface area contributed by atoms with Crippen molar-refractivity contribution in [3.63, 3.8) is 0 Å². The summed E-state index contributed by atoms with van der Waals surface area (Å²) in [4.78, 5) is 2.33. The van der Waals surface area contributed by atoms with Gasteiger partial charge in [0.05, 0.1) is 5.75 Å². The largest absolute Gasteiger partial charge is 0.311 e. The minimum Gasteiger partial charge on any atom is -0.311 e. The second kappa shape index (κ2) is 5.08. The van der Waals surface area contributed by atoms with Crippen molar-refractivity contribution >= 4 is 9.84 Å². The summed E-state index contributed by atoms with van der Waals surface area (Å²) >= 11 is 0. The Bertz CT molecular complexity index is 391. The Morgan fingerprint density at radius 2 is 2.24 bits per heavy atom. The molecule has 0 saturated carbocycles. The van der Waals surface area contributed by atoms with Crippen LogP contribution in [-0.4, -0.2) is 50.3 Å². The fraction of sp³-hybridized carbons (Fsp3) is 0.833. The summed E-state index contributed by atoms with van der Waals surface area (Å²) in [6.45, 7) is 6.26. The van der Waals surface area contributed by atoms with Crippen LogP contribution in [0.1, 0.15) is 26.7 Å². The molecule has 98 valence electrons. The van der Waals surface area contributed by atoms with Crippen molar-refractivity contribution in [2.24, 2.45) is 0 Å². The second-order valence-corrected chi connectivity index (χ2v) is 7.10. The van der Waals surface area contributed by atoms with Crippen LogP contribution in [0, 0.1) is 0 Å². The summed E-state index contributed by atoms with van der Waals surface area (Å²) in [5.41, 5.74) is 0. The molecule has 0 spiro atoms. The number of rotatable bonds is 3. The Balaban J connectivity index is 2.01. The predicted octanol–water partition coefficient (Wildman–Crippen LogP) is 0.759. The number of hydrogen-bond donors (Lipinski definition) is 1. The molecule has 0 aliphatic carbocycles. The quantitative estimate of drug-likeness (QED) is 0.812. The molecule has 3 atom stereocenters. The maximum atomic E-state index is 11.5. The fourth-order valence-corrected chi connectivity index (χ4v) is 4.03. The molecule has 2 heterocycles. The first-order valence-corrected chi connectivity index (χ1v) is 8.13. The Morgan fingerprint density at radius 3 is 2.82 bits per heavy atom. The number of sulfone groups is 1. The lowest BCUT2D eigenvalue weighted by Gasteiger charge is -2.41. The lowest BCUT2D eigenvalue weighted by Crippen LogP contribution is -2.58. The van der Waals surface area contributed by atoms with E-state index in [9.17, 15) is 8.42 Å². The van der Waals surface area contributed by atoms with Crippen LogP contribution in [0.5, 0.6) is 0 Å². The molecular formula is C12H22N2O2S. The van der Waals surface area contributed by atoms with Crippen LogP contribution >= 0.6 is 0 Å². The smallest absolute Gasteiger partial charge is 0.173 e. The van der Waals surface area contributed by atoms with Gasteiger partial charge >= 0.3 is 0 Å². The fourth-order valence-electron chi connectivity index (χ4n) is 2.72. The molecule has 17 heavy (non-hydrogen) atoms. The Labute approximate surface area is 104 Å². The maximum absolute atomic E-state index is 11.5. The van der Waals surface area contributed by atoms with Crippen molar-refractivity contribution in [3.8, 4) is 0 Å². The van der Waals surface area contributed by atoms with Crippen LogP contribution in [0.25, 0.3) is 0 Å². The van der Waals surface area contributed by atoms with E-state index < -0.39 is 9.84 Å². The zero-order valence-corrected chi connectivity index (χ0v) is 11.4. The lowest BCUT2D eigenvalue weighted by atomic mass is 10.0. The minimum absolute atomic E-state index is 0.0801. The lowest BCUT2D eigenvalue weighted by molar-refractivity contribution is 0.118. The molecule has 2 aliphatic rings. The molecule has 1 fully saturated rings. The van der Waals surface area contributed by atoms with Gasteiger partial charge in [0.25, 0.3) is 0 Å². The van der Waals surface area contributed by atoms with Gasteiger partial charge < -0.3 is 5.32 Å². The monoisotopic (exact) mass is 258 g/mol. The van der Waals surface area contributed by atoms with Crippen molar-refractivity contribution < 1.29 is 8.42 Å². The van der Waals surface area contributed by atoms with E-state index in [1.807, 2.05) is 6.08 Å². The third kappa shape index (κ3) is 3.09. The van der Waals surface area contributed by atoms with E-state index in [1.165, 1.54) is 11.8 Å². The highest BCUT2D eigenvalue weighted by Gasteiger charge is 2.33. The number of nitrogens with one attached hydrogen (secondary N) is 1. The van der Waals surface area contributed by atoms with E-state index in [0.717, 1.165) is 19.5 Å². The molecule has 1 N–H and O–H groups in total. The second-order valence-electron chi connectivity index (χ2n) is 5.17. The molecule has 1 saturated heterocycles. The van der Waals surface area contributed by atoms with E-state index in [1.54, 1.807) is 0 Å². The summed E-state index contributed by atoms with van der Waals surface area (Å²) in [6, 6.07) is 0.996. The van der Waals surface area contributed by atoms with Gasteiger partial charge in [-0.3, -0.25) is 4.90 Å². The molecule has 0 amide bonds. The highest BCUT2D eigenvalue weighted by Crippen LogP contribution is 2.20. The molecule has 5 heteroatoms. The zero-order valence-electron chi connectivity index (χ0n) is 10.6. The molecule has 2 aliphatic heterocycles. The highest BCUT2D eigenvalue weighted by molar-refractivity contribution is 7.94. The summed E-state index contributed by atoms with van der Waals surface area (Å²) in [5, 5.41) is 4.90. The van der Waals surface area contributed by atoms with Crippen LogP contribution in [0.15, 0.2) is 11.5 Å². The zero-order chi connectivity index (χ0) is 12.5. The average Bonchev–Trinajstić information content (AvgIpc) is 2.62. The normalized spacial score (nSPS) is 37.4. The van der Waals surface area contributed by atoms with Gasteiger partial charge in [-0.25, -0.2) is 8.42 Å². The molecule has 0 radical (unpaired) electrons. The molecule has 2 rings (SSSR count). The van der Waals surface area contributed by atoms with Crippen molar-refractivity contribution in [2.45, 2.75) is 44.8 Å². The van der Waals surface area contributed by atoms with Crippen LogP contribution in [0.3, 0.4) is 0 Å². The summed E-state index contributed by atoms with van der Waals surface area (Å²) in [5.74, 6) is 0.260. The van der Waals surface area contributed by atoms with Gasteiger partial charge in [-0.05, 0) is 13.3 Å². The van der Waals surface area contributed by atoms with Gasteiger partial charge in [0, 0.05) is 36.6 Å². The topological polar surface area (TPSA) is 49.4 Å². The first-order chi connectivity index (χ1) is 8.02. The van der Waals surface area contributed by atoms with E-state index >= 15 is 0 Å². The first-order valence-electron chi connectivity index (χ1n) is 6.42. The summed E-state index contributed by atoms with van der Waals surface area (Å²) < 4.78 is 22.9. The molecule has 0 aromatic rings. The third-order valence-corrected chi connectivity index (χ3v) is 5.05. The number of hydrogen-bond acceptors (Lipinski definition) is 4. The highest BCUT2D eigenvalue weighted by atomic mass is 32.2. The molecule has 0 aromatic heterocycles. The molecule has 3 unspecified atom stereocenters. The van der Waals surface area contributed by atoms with Crippen molar-refractivity contribution in [3.05, 3.63) is 11.5 Å². The first kappa shape index (κ1) is 13.1. The van der Waals surface area contributed by atoms with Gasteiger partial charge in [-0.15, -0.1) is 0 Å². The van der Waals surface area contributed by atoms with Gasteiger partial charge in [0.15, 0.2) is 9.84 Å². The Morgan fingerprint density at radius 1 is 1.47 bits per heavy atom. The summed E-state index contributed by atoms with van der Waals surface area (Å²) in [6.07, 6.45) is 4.17. The van der Waals surface area contributed by atoms with Gasteiger partial charge in [-0.2, -0.15) is 0 Å². The molecule has 4 nitrogen and oxygen atoms in total. The van der Waals surface area contributed by atoms with Crippen LogP contribution in [0.4, 0.5) is 0 Å². The van der Waals surface area contributed by atoms with Gasteiger partial charge in [0.2, 0.25) is 0 Å². The third-order valence-electron chi connectivity index (χ3n) is 3.67. The SMILES string of the molecule is CCCC1CN(C2C=CS(=O)(=O)C2)C(C)CN1. The van der Waals surface area contributed by atoms with Crippen molar-refractivity contribution in [2.75, 3.05) is 18.8 Å². The van der Waals surface area contributed by atoms with E-state index in [4.69, 9.17) is 0 Å². The molecule has 0 aromatic carbocycles. The van der Waals surface area contributed by atoms with Crippen molar-refractivity contribution in [1.29, 1.82) is 0 Å². The maximum Gasteiger partial charge on any atom is 0.173 e. The van der Waals surface area contributed by atoms with Gasteiger partial charge in [-0.1, -0.05) is 19.4 Å². The van der Waals surface area contributed by atoms with E-state index in [0.29, 0.717) is 12.1 Å². The van der Waals surface area contributed by atoms with Crippen LogP contribution in [0.2, 0.25) is 0 Å². The Kier molecular flexibility index (Phi) is 3.90. The van der Waals surface area contributed by atoms with E-state index in [-0.39, 0.29) is 11.8 Å². The van der Waals surface area contributed by atoms with E-state index in [2.05, 4.69) is 24.1 Å². The summed E-state index contributed by atoms with van der Waals surface area (Å²) in [7, 11) is -2.94. The van der Waals surface area contributed by atoms with Crippen LogP contribution < -0.4 is 5.32 Å².